The largest absolute Gasteiger partial charge is 0.469 e. The minimum atomic E-state index is -0.317. The lowest BCUT2D eigenvalue weighted by molar-refractivity contribution is -0.140. The Labute approximate surface area is 112 Å². The second kappa shape index (κ2) is 6.33. The van der Waals surface area contributed by atoms with E-state index in [1.165, 1.54) is 18.2 Å². The van der Waals surface area contributed by atoms with Crippen molar-refractivity contribution >= 4 is 11.9 Å². The maximum Gasteiger partial charge on any atom is 0.307 e. The number of ether oxygens (including phenoxy) is 1. The number of benzene rings is 1. The van der Waals surface area contributed by atoms with E-state index in [1.54, 1.807) is 0 Å². The summed E-state index contributed by atoms with van der Waals surface area (Å²) in [6.45, 7) is 1.01. The molecule has 0 saturated heterocycles. The van der Waals surface area contributed by atoms with E-state index < -0.39 is 0 Å². The molecule has 19 heavy (non-hydrogen) atoms. The molecule has 1 amide bonds. The summed E-state index contributed by atoms with van der Waals surface area (Å²) in [5, 5.41) is 5.95. The van der Waals surface area contributed by atoms with Crippen molar-refractivity contribution in [1.29, 1.82) is 0 Å². The average molecular weight is 262 g/mol. The number of carbonyl (C=O) groups is 2. The lowest BCUT2D eigenvalue weighted by atomic mass is 9.95. The van der Waals surface area contributed by atoms with Gasteiger partial charge in [-0.3, -0.25) is 9.59 Å². The van der Waals surface area contributed by atoms with Crippen LogP contribution in [-0.2, 0) is 27.3 Å². The fourth-order valence-electron chi connectivity index (χ4n) is 2.15. The highest BCUT2D eigenvalue weighted by molar-refractivity contribution is 5.83. The zero-order chi connectivity index (χ0) is 13.7. The molecule has 0 radical (unpaired) electrons. The van der Waals surface area contributed by atoms with Gasteiger partial charge in [0, 0.05) is 13.1 Å². The molecule has 1 aliphatic rings. The average Bonchev–Trinajstić information content (AvgIpc) is 2.46. The van der Waals surface area contributed by atoms with Gasteiger partial charge >= 0.3 is 5.97 Å². The van der Waals surface area contributed by atoms with Crippen molar-refractivity contribution in [2.45, 2.75) is 25.4 Å². The van der Waals surface area contributed by atoms with E-state index in [0.29, 0.717) is 19.5 Å². The first-order valence-corrected chi connectivity index (χ1v) is 6.35. The lowest BCUT2D eigenvalue weighted by Crippen LogP contribution is -2.48. The fourth-order valence-corrected chi connectivity index (χ4v) is 2.15. The predicted molar refractivity (Wildman–Crippen MR) is 70.4 cm³/mol. The summed E-state index contributed by atoms with van der Waals surface area (Å²) in [6.07, 6.45) is 0.881. The smallest absolute Gasteiger partial charge is 0.307 e. The third kappa shape index (κ3) is 3.54. The summed E-state index contributed by atoms with van der Waals surface area (Å²) in [6, 6.07) is 7.86. The van der Waals surface area contributed by atoms with Gasteiger partial charge in [-0.05, 0) is 17.5 Å². The normalized spacial score (nSPS) is 17.4. The Morgan fingerprint density at radius 1 is 1.37 bits per heavy atom. The minimum Gasteiger partial charge on any atom is -0.469 e. The Kier molecular flexibility index (Phi) is 4.52. The quantitative estimate of drug-likeness (QED) is 0.770. The van der Waals surface area contributed by atoms with Crippen LogP contribution in [0.2, 0.25) is 0 Å². The molecule has 102 valence electrons. The van der Waals surface area contributed by atoms with Crippen molar-refractivity contribution in [2.75, 3.05) is 13.7 Å². The first-order chi connectivity index (χ1) is 9.20. The van der Waals surface area contributed by atoms with Crippen molar-refractivity contribution in [2.24, 2.45) is 0 Å². The highest BCUT2D eigenvalue weighted by atomic mass is 16.5. The molecule has 1 aromatic carbocycles. The molecular weight excluding hydrogens is 244 g/mol. The van der Waals surface area contributed by atoms with Crippen LogP contribution in [0.1, 0.15) is 17.5 Å². The summed E-state index contributed by atoms with van der Waals surface area (Å²) in [4.78, 5) is 22.9. The van der Waals surface area contributed by atoms with E-state index in [1.807, 2.05) is 18.2 Å². The van der Waals surface area contributed by atoms with Gasteiger partial charge in [0.05, 0.1) is 19.6 Å². The van der Waals surface area contributed by atoms with Crippen molar-refractivity contribution in [3.63, 3.8) is 0 Å². The summed E-state index contributed by atoms with van der Waals surface area (Å²) in [5.41, 5.74) is 2.44. The van der Waals surface area contributed by atoms with Crippen LogP contribution in [0.5, 0.6) is 0 Å². The molecule has 0 aliphatic carbocycles. The van der Waals surface area contributed by atoms with Crippen LogP contribution in [0.4, 0.5) is 0 Å². The Morgan fingerprint density at radius 3 is 2.84 bits per heavy atom. The van der Waals surface area contributed by atoms with Gasteiger partial charge in [-0.2, -0.15) is 0 Å². The molecule has 5 nitrogen and oxygen atoms in total. The molecule has 0 saturated carbocycles. The first kappa shape index (κ1) is 13.5. The molecule has 2 N–H and O–H groups in total. The van der Waals surface area contributed by atoms with Crippen molar-refractivity contribution in [1.82, 2.24) is 10.6 Å². The standard InChI is InChI=1S/C14H18N2O3/c1-19-13(17)6-7-15-14(18)12-8-10-4-2-3-5-11(10)9-16-12/h2-5,12,16H,6-9H2,1H3,(H,15,18)/t12-/m1/s1. The zero-order valence-corrected chi connectivity index (χ0v) is 10.9. The number of hydrogen-bond acceptors (Lipinski definition) is 4. The lowest BCUT2D eigenvalue weighted by Gasteiger charge is -2.25. The van der Waals surface area contributed by atoms with Gasteiger partial charge in [-0.15, -0.1) is 0 Å². The van der Waals surface area contributed by atoms with E-state index in [9.17, 15) is 9.59 Å². The van der Waals surface area contributed by atoms with E-state index in [2.05, 4.69) is 21.4 Å². The zero-order valence-electron chi connectivity index (χ0n) is 10.9. The maximum atomic E-state index is 12.0. The Hall–Kier alpha value is -1.88. The number of carbonyl (C=O) groups excluding carboxylic acids is 2. The third-order valence-electron chi connectivity index (χ3n) is 3.25. The van der Waals surface area contributed by atoms with Crippen LogP contribution in [0.3, 0.4) is 0 Å². The Bertz CT molecular complexity index is 474. The number of fused-ring (bicyclic) bond motifs is 1. The van der Waals surface area contributed by atoms with Crippen molar-refractivity contribution in [3.8, 4) is 0 Å². The molecule has 0 bridgehead atoms. The number of hydrogen-bond donors (Lipinski definition) is 2. The van der Waals surface area contributed by atoms with Gasteiger partial charge in [0.1, 0.15) is 0 Å². The molecule has 1 aliphatic heterocycles. The topological polar surface area (TPSA) is 67.4 Å². The number of esters is 1. The summed E-state index contributed by atoms with van der Waals surface area (Å²) in [7, 11) is 1.34. The molecule has 2 rings (SSSR count). The van der Waals surface area contributed by atoms with Gasteiger partial charge in [0.25, 0.3) is 0 Å². The van der Waals surface area contributed by atoms with Gasteiger partial charge in [-0.25, -0.2) is 0 Å². The predicted octanol–water partition coefficient (Wildman–Crippen LogP) is 0.380. The molecular formula is C14H18N2O3. The second-order valence-electron chi connectivity index (χ2n) is 4.52. The number of rotatable bonds is 4. The highest BCUT2D eigenvalue weighted by Gasteiger charge is 2.23. The van der Waals surface area contributed by atoms with E-state index in [0.717, 1.165) is 0 Å². The molecule has 5 heteroatoms. The molecule has 0 fully saturated rings. The number of nitrogens with one attached hydrogen (secondary N) is 2. The van der Waals surface area contributed by atoms with Crippen LogP contribution < -0.4 is 10.6 Å². The Morgan fingerprint density at radius 2 is 2.11 bits per heavy atom. The number of amides is 1. The van der Waals surface area contributed by atoms with Crippen LogP contribution in [0, 0.1) is 0 Å². The van der Waals surface area contributed by atoms with Gasteiger partial charge in [0.2, 0.25) is 5.91 Å². The third-order valence-corrected chi connectivity index (χ3v) is 3.25. The summed E-state index contributed by atoms with van der Waals surface area (Å²) < 4.78 is 4.52. The molecule has 1 atom stereocenters. The van der Waals surface area contributed by atoms with Crippen LogP contribution >= 0.6 is 0 Å². The SMILES string of the molecule is COC(=O)CCNC(=O)[C@H]1Cc2ccccc2CN1. The first-order valence-electron chi connectivity index (χ1n) is 6.35. The monoisotopic (exact) mass is 262 g/mol. The minimum absolute atomic E-state index is 0.0709. The van der Waals surface area contributed by atoms with Gasteiger partial charge in [0.15, 0.2) is 0 Å². The molecule has 0 spiro atoms. The van der Waals surface area contributed by atoms with Crippen LogP contribution in [-0.4, -0.2) is 31.6 Å². The maximum absolute atomic E-state index is 12.0. The van der Waals surface area contributed by atoms with Gasteiger partial charge < -0.3 is 15.4 Å². The molecule has 0 unspecified atom stereocenters. The van der Waals surface area contributed by atoms with E-state index in [4.69, 9.17) is 0 Å². The molecule has 1 heterocycles. The van der Waals surface area contributed by atoms with Crippen molar-refractivity contribution < 1.29 is 14.3 Å². The van der Waals surface area contributed by atoms with Gasteiger partial charge in [-0.1, -0.05) is 24.3 Å². The van der Waals surface area contributed by atoms with Crippen LogP contribution in [0.15, 0.2) is 24.3 Å². The molecule has 0 aromatic heterocycles. The highest BCUT2D eigenvalue weighted by Crippen LogP contribution is 2.16. The van der Waals surface area contributed by atoms with E-state index in [-0.39, 0.29) is 24.3 Å². The van der Waals surface area contributed by atoms with Crippen molar-refractivity contribution in [3.05, 3.63) is 35.4 Å². The van der Waals surface area contributed by atoms with E-state index >= 15 is 0 Å². The summed E-state index contributed by atoms with van der Waals surface area (Å²) >= 11 is 0. The molecule has 1 aromatic rings. The summed E-state index contributed by atoms with van der Waals surface area (Å²) in [5.74, 6) is -0.388. The number of methoxy groups -OCH3 is 1. The van der Waals surface area contributed by atoms with Crippen LogP contribution in [0.25, 0.3) is 0 Å². The Balaban J connectivity index is 1.83. The second-order valence-corrected chi connectivity index (χ2v) is 4.52. The fraction of sp³-hybridized carbons (Fsp3) is 0.429.